The topological polar surface area (TPSA) is 119 Å². The Morgan fingerprint density at radius 2 is 1.61 bits per heavy atom. The van der Waals surface area contributed by atoms with Gasteiger partial charge in [-0.2, -0.15) is 0 Å². The SMILES string of the molecule is O=C(O)CC(c1ccnc(OCC2CCN(c3cc(O)ccc3C(=O)N(c3ccccn3)C3CCN(Cc4ccccc4)CC3)CC2)c1)C1CC1. The molecule has 0 bridgehead atoms. The zero-order valence-electron chi connectivity index (χ0n) is 29.0. The predicted molar refractivity (Wildman–Crippen MR) is 196 cm³/mol. The number of rotatable bonds is 13. The van der Waals surface area contributed by atoms with E-state index in [0.717, 1.165) is 82.5 Å². The number of likely N-dealkylation sites (tertiary alicyclic amines) is 1. The normalized spacial score (nSPS) is 17.9. The number of benzene rings is 2. The third kappa shape index (κ3) is 8.68. The summed E-state index contributed by atoms with van der Waals surface area (Å²) < 4.78 is 6.16. The van der Waals surface area contributed by atoms with Crippen LogP contribution in [0.25, 0.3) is 0 Å². The van der Waals surface area contributed by atoms with E-state index in [1.54, 1.807) is 30.6 Å². The van der Waals surface area contributed by atoms with Crippen molar-refractivity contribution in [3.05, 3.63) is 108 Å². The molecular formula is C41H47N5O5. The summed E-state index contributed by atoms with van der Waals surface area (Å²) in [6.45, 7) is 4.61. The molecule has 0 spiro atoms. The molecule has 1 atom stereocenters. The van der Waals surface area contributed by atoms with Crippen LogP contribution in [0.2, 0.25) is 0 Å². The number of piperidine rings is 2. The summed E-state index contributed by atoms with van der Waals surface area (Å²) in [5.41, 5.74) is 3.57. The van der Waals surface area contributed by atoms with Crippen molar-refractivity contribution in [3.8, 4) is 11.6 Å². The minimum atomic E-state index is -0.779. The van der Waals surface area contributed by atoms with E-state index in [2.05, 4.69) is 44.0 Å². The van der Waals surface area contributed by atoms with Crippen LogP contribution in [0.1, 0.15) is 72.3 Å². The largest absolute Gasteiger partial charge is 0.508 e. The van der Waals surface area contributed by atoms with Crippen LogP contribution >= 0.6 is 0 Å². The van der Waals surface area contributed by atoms with Crippen molar-refractivity contribution < 1.29 is 24.5 Å². The number of carbonyl (C=O) groups excluding carboxylic acids is 1. The molecule has 2 aliphatic heterocycles. The van der Waals surface area contributed by atoms with E-state index in [-0.39, 0.29) is 30.0 Å². The van der Waals surface area contributed by atoms with Crippen LogP contribution in [-0.4, -0.2) is 75.8 Å². The van der Waals surface area contributed by atoms with E-state index >= 15 is 0 Å². The zero-order valence-corrected chi connectivity index (χ0v) is 29.0. The number of aromatic hydroxyl groups is 1. The van der Waals surface area contributed by atoms with Gasteiger partial charge >= 0.3 is 5.97 Å². The Bertz CT molecular complexity index is 1770. The number of anilines is 2. The number of nitrogens with zero attached hydrogens (tertiary/aromatic N) is 5. The van der Waals surface area contributed by atoms with Crippen LogP contribution in [0.5, 0.6) is 11.6 Å². The van der Waals surface area contributed by atoms with Gasteiger partial charge in [-0.25, -0.2) is 9.97 Å². The highest BCUT2D eigenvalue weighted by Gasteiger charge is 2.35. The first kappa shape index (κ1) is 34.5. The number of carboxylic acid groups (broad SMARTS) is 1. The summed E-state index contributed by atoms with van der Waals surface area (Å²) in [5.74, 6) is 1.14. The summed E-state index contributed by atoms with van der Waals surface area (Å²) in [4.78, 5) is 41.6. The number of hydrogen-bond donors (Lipinski definition) is 2. The van der Waals surface area contributed by atoms with Gasteiger partial charge in [-0.1, -0.05) is 36.4 Å². The lowest BCUT2D eigenvalue weighted by Gasteiger charge is -2.39. The van der Waals surface area contributed by atoms with Gasteiger partial charge in [0.15, 0.2) is 0 Å². The molecule has 2 aromatic heterocycles. The van der Waals surface area contributed by atoms with Gasteiger partial charge in [0, 0.05) is 63.3 Å². The molecule has 10 heteroatoms. The van der Waals surface area contributed by atoms with E-state index in [1.165, 1.54) is 5.56 Å². The van der Waals surface area contributed by atoms with Gasteiger partial charge in [-0.15, -0.1) is 0 Å². The summed E-state index contributed by atoms with van der Waals surface area (Å²) in [6.07, 6.45) is 9.10. The lowest BCUT2D eigenvalue weighted by atomic mass is 9.92. The van der Waals surface area contributed by atoms with Gasteiger partial charge in [0.05, 0.1) is 24.3 Å². The fourth-order valence-electron chi connectivity index (χ4n) is 7.74. The van der Waals surface area contributed by atoms with E-state index in [0.29, 0.717) is 35.7 Å². The van der Waals surface area contributed by atoms with Crippen molar-refractivity contribution >= 4 is 23.4 Å². The summed E-state index contributed by atoms with van der Waals surface area (Å²) in [7, 11) is 0. The first-order chi connectivity index (χ1) is 24.9. The van der Waals surface area contributed by atoms with Crippen LogP contribution in [0.15, 0.2) is 91.3 Å². The van der Waals surface area contributed by atoms with Crippen molar-refractivity contribution in [3.63, 3.8) is 0 Å². The number of phenols is 1. The molecule has 1 aliphatic carbocycles. The molecule has 3 aliphatic rings. The van der Waals surface area contributed by atoms with Crippen LogP contribution in [0.4, 0.5) is 11.5 Å². The molecule has 7 rings (SSSR count). The Labute approximate surface area is 299 Å². The average molecular weight is 690 g/mol. The van der Waals surface area contributed by atoms with E-state index in [1.807, 2.05) is 41.3 Å². The summed E-state index contributed by atoms with van der Waals surface area (Å²) in [5, 5.41) is 20.0. The minimum absolute atomic E-state index is 0.000227. The lowest BCUT2D eigenvalue weighted by molar-refractivity contribution is -0.137. The molecule has 2 N–H and O–H groups in total. The summed E-state index contributed by atoms with van der Waals surface area (Å²) >= 11 is 0. The number of pyridine rings is 2. The Kier molecular flexibility index (Phi) is 10.8. The van der Waals surface area contributed by atoms with Gasteiger partial charge in [-0.3, -0.25) is 19.4 Å². The predicted octanol–water partition coefficient (Wildman–Crippen LogP) is 6.76. The number of carbonyl (C=O) groups is 2. The zero-order chi connectivity index (χ0) is 35.2. The molecule has 51 heavy (non-hydrogen) atoms. The molecule has 3 fully saturated rings. The van der Waals surface area contributed by atoms with E-state index < -0.39 is 5.97 Å². The minimum Gasteiger partial charge on any atom is -0.508 e. The number of phenolic OH excluding ortho intramolecular Hbond substituents is 1. The Hall–Kier alpha value is -4.96. The molecule has 1 unspecified atom stereocenters. The molecule has 1 saturated carbocycles. The van der Waals surface area contributed by atoms with Gasteiger partial charge < -0.3 is 19.8 Å². The van der Waals surface area contributed by atoms with Crippen LogP contribution < -0.4 is 14.5 Å². The fourth-order valence-corrected chi connectivity index (χ4v) is 7.74. The smallest absolute Gasteiger partial charge is 0.303 e. The Balaban J connectivity index is 1.01. The highest BCUT2D eigenvalue weighted by Crippen LogP contribution is 2.45. The molecule has 266 valence electrons. The quantitative estimate of drug-likeness (QED) is 0.157. The molecule has 2 aromatic carbocycles. The lowest BCUT2D eigenvalue weighted by Crippen LogP contribution is -2.48. The molecule has 2 saturated heterocycles. The maximum Gasteiger partial charge on any atom is 0.303 e. The van der Waals surface area contributed by atoms with E-state index in [4.69, 9.17) is 4.74 Å². The van der Waals surface area contributed by atoms with Crippen LogP contribution in [0, 0.1) is 11.8 Å². The standard InChI is InChI=1S/C41H47N5O5/c47-34-11-12-35(41(50)46(38-8-4-5-18-42-38)33-16-20-44(21-17-33)27-29-6-2-1-3-7-29)37(25-34)45-22-14-30(15-23-45)28-51-39-24-32(13-19-43-39)36(26-40(48)49)31-9-10-31/h1-8,11-13,18-19,24-25,30-31,33,36,47H,9-10,14-17,20-23,26-28H2,(H,48,49). The Morgan fingerprint density at radius 1 is 0.843 bits per heavy atom. The van der Waals surface area contributed by atoms with Crippen LogP contribution in [0.3, 0.4) is 0 Å². The first-order valence-corrected chi connectivity index (χ1v) is 18.3. The van der Waals surface area contributed by atoms with E-state index in [9.17, 15) is 19.8 Å². The van der Waals surface area contributed by atoms with Crippen molar-refractivity contribution in [1.29, 1.82) is 0 Å². The van der Waals surface area contributed by atoms with Gasteiger partial charge in [0.1, 0.15) is 11.6 Å². The van der Waals surface area contributed by atoms with Crippen molar-refractivity contribution in [2.75, 3.05) is 42.6 Å². The molecule has 1 amide bonds. The number of aromatic nitrogens is 2. The highest BCUT2D eigenvalue weighted by atomic mass is 16.5. The highest BCUT2D eigenvalue weighted by molar-refractivity contribution is 6.10. The van der Waals surface area contributed by atoms with Crippen molar-refractivity contribution in [1.82, 2.24) is 14.9 Å². The van der Waals surface area contributed by atoms with Crippen LogP contribution in [-0.2, 0) is 11.3 Å². The molecule has 4 heterocycles. The number of carboxylic acids is 1. The number of amides is 1. The van der Waals surface area contributed by atoms with Crippen molar-refractivity contribution in [2.45, 2.75) is 63.5 Å². The number of aliphatic carboxylic acids is 1. The molecular weight excluding hydrogens is 642 g/mol. The second kappa shape index (κ2) is 15.9. The van der Waals surface area contributed by atoms with Crippen molar-refractivity contribution in [2.24, 2.45) is 11.8 Å². The first-order valence-electron chi connectivity index (χ1n) is 18.3. The number of ether oxygens (including phenoxy) is 1. The fraction of sp³-hybridized carbons (Fsp3) is 0.415. The van der Waals surface area contributed by atoms with Gasteiger partial charge in [-0.05, 0) is 97.7 Å². The van der Waals surface area contributed by atoms with Gasteiger partial charge in [0.25, 0.3) is 5.91 Å². The number of hydrogen-bond acceptors (Lipinski definition) is 8. The molecule has 4 aromatic rings. The maximum absolute atomic E-state index is 14.6. The van der Waals surface area contributed by atoms with Gasteiger partial charge in [0.2, 0.25) is 5.88 Å². The second-order valence-corrected chi connectivity index (χ2v) is 14.3. The third-order valence-electron chi connectivity index (χ3n) is 10.7. The molecule has 0 radical (unpaired) electrons. The molecule has 10 nitrogen and oxygen atoms in total. The Morgan fingerprint density at radius 3 is 2.31 bits per heavy atom. The maximum atomic E-state index is 14.6. The monoisotopic (exact) mass is 689 g/mol. The average Bonchev–Trinajstić information content (AvgIpc) is 4.01. The second-order valence-electron chi connectivity index (χ2n) is 14.3. The third-order valence-corrected chi connectivity index (χ3v) is 10.7. The summed E-state index contributed by atoms with van der Waals surface area (Å²) in [6, 6.07) is 25.1.